The summed E-state index contributed by atoms with van der Waals surface area (Å²) in [5.74, 6) is 0.641. The first-order valence-electron chi connectivity index (χ1n) is 10.2. The molecule has 30 heavy (non-hydrogen) atoms. The topological polar surface area (TPSA) is 71.9 Å². The average Bonchev–Trinajstić information content (AvgIpc) is 2.80. The third-order valence-electron chi connectivity index (χ3n) is 5.56. The van der Waals surface area contributed by atoms with E-state index < -0.39 is 5.91 Å². The summed E-state index contributed by atoms with van der Waals surface area (Å²) >= 11 is 1.68. The molecule has 0 unspecified atom stereocenters. The second kappa shape index (κ2) is 9.61. The monoisotopic (exact) mass is 425 g/mol. The summed E-state index contributed by atoms with van der Waals surface area (Å²) in [5.41, 5.74) is 4.60. The van der Waals surface area contributed by atoms with Gasteiger partial charge in [0.15, 0.2) is 0 Å². The quantitative estimate of drug-likeness (QED) is 0.433. The Hall–Kier alpha value is -2.39. The fourth-order valence-corrected chi connectivity index (χ4v) is 4.54. The summed E-state index contributed by atoms with van der Waals surface area (Å²) in [6.07, 6.45) is 4.45. The second-order valence-electron chi connectivity index (χ2n) is 7.62. The van der Waals surface area contributed by atoms with Crippen LogP contribution in [0.4, 0.5) is 5.82 Å². The standard InChI is InChI=1S/C22H27N5O2S/c1-25-12-14-26(15-13-25)21-7-4-19(16-23-21)17-2-5-20(6-3-17)30-27-10-8-18(9-11-27)22(28)24-29/h2-8,16,29H,9-15H2,1H3,(H,24,28). The maximum absolute atomic E-state index is 11.5. The third-order valence-corrected chi connectivity index (χ3v) is 6.64. The molecule has 2 aromatic rings. The molecule has 1 saturated heterocycles. The van der Waals surface area contributed by atoms with Crippen LogP contribution in [-0.2, 0) is 4.79 Å². The van der Waals surface area contributed by atoms with Crippen molar-refractivity contribution in [2.24, 2.45) is 0 Å². The number of rotatable bonds is 5. The van der Waals surface area contributed by atoms with Gasteiger partial charge < -0.3 is 9.80 Å². The van der Waals surface area contributed by atoms with Gasteiger partial charge in [-0.05, 0) is 55.2 Å². The minimum atomic E-state index is -0.406. The van der Waals surface area contributed by atoms with Gasteiger partial charge in [-0.2, -0.15) is 0 Å². The number of carbonyl (C=O) groups is 1. The molecule has 2 N–H and O–H groups in total. The highest BCUT2D eigenvalue weighted by Gasteiger charge is 2.18. The molecule has 0 bridgehead atoms. The van der Waals surface area contributed by atoms with Crippen LogP contribution in [0.15, 0.2) is 59.1 Å². The SMILES string of the molecule is CN1CCN(c2ccc(-c3ccc(SN4CC=C(C(=O)NO)CC4)cc3)cn2)CC1. The molecule has 4 rings (SSSR count). The fraction of sp³-hybridized carbons (Fsp3) is 0.364. The van der Waals surface area contributed by atoms with Crippen LogP contribution >= 0.6 is 11.9 Å². The molecule has 158 valence electrons. The lowest BCUT2D eigenvalue weighted by Gasteiger charge is -2.33. The van der Waals surface area contributed by atoms with Crippen LogP contribution in [0.2, 0.25) is 0 Å². The predicted octanol–water partition coefficient (Wildman–Crippen LogP) is 2.65. The van der Waals surface area contributed by atoms with Gasteiger partial charge in [0.1, 0.15) is 5.82 Å². The third kappa shape index (κ3) is 5.02. The van der Waals surface area contributed by atoms with Crippen LogP contribution < -0.4 is 10.4 Å². The summed E-state index contributed by atoms with van der Waals surface area (Å²) in [5, 5.41) is 8.73. The van der Waals surface area contributed by atoms with Gasteiger partial charge in [-0.25, -0.2) is 14.8 Å². The number of anilines is 1. The largest absolute Gasteiger partial charge is 0.354 e. The zero-order valence-electron chi connectivity index (χ0n) is 17.1. The van der Waals surface area contributed by atoms with Gasteiger partial charge in [0.05, 0.1) is 0 Å². The average molecular weight is 426 g/mol. The summed E-state index contributed by atoms with van der Waals surface area (Å²) in [6, 6.07) is 12.7. The van der Waals surface area contributed by atoms with E-state index in [0.29, 0.717) is 18.5 Å². The summed E-state index contributed by atoms with van der Waals surface area (Å²) in [7, 11) is 2.16. The predicted molar refractivity (Wildman–Crippen MR) is 119 cm³/mol. The van der Waals surface area contributed by atoms with Crippen molar-refractivity contribution in [3.63, 3.8) is 0 Å². The number of benzene rings is 1. The number of likely N-dealkylation sites (N-methyl/N-ethyl adjacent to an activating group) is 1. The van der Waals surface area contributed by atoms with Crippen molar-refractivity contribution < 1.29 is 10.0 Å². The molecule has 1 amide bonds. The number of hydrogen-bond donors (Lipinski definition) is 2. The minimum absolute atomic E-state index is 0.406. The van der Waals surface area contributed by atoms with E-state index in [-0.39, 0.29) is 0 Å². The summed E-state index contributed by atoms with van der Waals surface area (Å²) in [6.45, 7) is 5.63. The van der Waals surface area contributed by atoms with Crippen molar-refractivity contribution in [3.05, 3.63) is 54.2 Å². The van der Waals surface area contributed by atoms with E-state index in [1.54, 1.807) is 17.4 Å². The molecule has 0 spiro atoms. The maximum atomic E-state index is 11.5. The number of nitrogens with one attached hydrogen (secondary N) is 1. The van der Waals surface area contributed by atoms with Crippen molar-refractivity contribution in [2.45, 2.75) is 11.3 Å². The Bertz CT molecular complexity index is 893. The highest BCUT2D eigenvalue weighted by Crippen LogP contribution is 2.29. The van der Waals surface area contributed by atoms with Gasteiger partial charge in [-0.3, -0.25) is 10.0 Å². The molecule has 0 atom stereocenters. The normalized spacial score (nSPS) is 18.2. The van der Waals surface area contributed by atoms with Gasteiger partial charge in [0, 0.05) is 61.5 Å². The van der Waals surface area contributed by atoms with Crippen LogP contribution in [0.1, 0.15) is 6.42 Å². The fourth-order valence-electron chi connectivity index (χ4n) is 3.65. The maximum Gasteiger partial charge on any atom is 0.270 e. The van der Waals surface area contributed by atoms with Crippen molar-refractivity contribution in [1.29, 1.82) is 0 Å². The van der Waals surface area contributed by atoms with Gasteiger partial charge in [-0.15, -0.1) is 0 Å². The van der Waals surface area contributed by atoms with Crippen LogP contribution in [0.5, 0.6) is 0 Å². The van der Waals surface area contributed by atoms with E-state index >= 15 is 0 Å². The smallest absolute Gasteiger partial charge is 0.270 e. The van der Waals surface area contributed by atoms with Crippen LogP contribution in [-0.4, -0.2) is 71.6 Å². The number of piperazine rings is 1. The number of nitrogens with zero attached hydrogens (tertiary/aromatic N) is 4. The number of carbonyl (C=O) groups excluding carboxylic acids is 1. The number of aromatic nitrogens is 1. The lowest BCUT2D eigenvalue weighted by Crippen LogP contribution is -2.44. The lowest BCUT2D eigenvalue weighted by molar-refractivity contribution is -0.125. The summed E-state index contributed by atoms with van der Waals surface area (Å²) < 4.78 is 2.20. The minimum Gasteiger partial charge on any atom is -0.354 e. The van der Waals surface area contributed by atoms with Gasteiger partial charge in [0.2, 0.25) is 0 Å². The van der Waals surface area contributed by atoms with E-state index in [0.717, 1.165) is 54.6 Å². The van der Waals surface area contributed by atoms with Crippen LogP contribution in [0.25, 0.3) is 11.1 Å². The Morgan fingerprint density at radius 1 is 1.03 bits per heavy atom. The molecule has 0 radical (unpaired) electrons. The van der Waals surface area contributed by atoms with Crippen molar-refractivity contribution >= 4 is 23.7 Å². The zero-order chi connectivity index (χ0) is 20.9. The molecule has 1 fully saturated rings. The number of hydrogen-bond acceptors (Lipinski definition) is 7. The highest BCUT2D eigenvalue weighted by molar-refractivity contribution is 7.97. The van der Waals surface area contributed by atoms with Crippen molar-refractivity contribution in [2.75, 3.05) is 51.2 Å². The van der Waals surface area contributed by atoms with E-state index in [1.165, 1.54) is 0 Å². The number of hydroxylamine groups is 1. The molecule has 2 aliphatic heterocycles. The molecule has 3 heterocycles. The molecular weight excluding hydrogens is 398 g/mol. The first-order valence-corrected chi connectivity index (χ1v) is 11.0. The zero-order valence-corrected chi connectivity index (χ0v) is 17.9. The summed E-state index contributed by atoms with van der Waals surface area (Å²) in [4.78, 5) is 22.0. The van der Waals surface area contributed by atoms with Crippen LogP contribution in [0, 0.1) is 0 Å². The van der Waals surface area contributed by atoms with Crippen molar-refractivity contribution in [1.82, 2.24) is 19.7 Å². The molecular formula is C22H27N5O2S. The van der Waals surface area contributed by atoms with E-state index in [4.69, 9.17) is 5.21 Å². The van der Waals surface area contributed by atoms with Gasteiger partial charge in [0.25, 0.3) is 5.91 Å². The molecule has 2 aliphatic rings. The Kier molecular flexibility index (Phi) is 6.69. The Balaban J connectivity index is 1.35. The number of pyridine rings is 1. The van der Waals surface area contributed by atoms with Gasteiger partial charge >= 0.3 is 0 Å². The first-order chi connectivity index (χ1) is 14.6. The molecule has 1 aromatic heterocycles. The van der Waals surface area contributed by atoms with E-state index in [2.05, 4.69) is 62.5 Å². The first kappa shape index (κ1) is 20.9. The van der Waals surface area contributed by atoms with E-state index in [9.17, 15) is 4.79 Å². The highest BCUT2D eigenvalue weighted by atomic mass is 32.2. The molecule has 1 aromatic carbocycles. The molecule has 8 heteroatoms. The van der Waals surface area contributed by atoms with Crippen molar-refractivity contribution in [3.8, 4) is 11.1 Å². The molecule has 0 saturated carbocycles. The second-order valence-corrected chi connectivity index (χ2v) is 8.79. The molecule has 7 nitrogen and oxygen atoms in total. The number of amides is 1. The van der Waals surface area contributed by atoms with Crippen LogP contribution in [0.3, 0.4) is 0 Å². The molecule has 0 aliphatic carbocycles. The van der Waals surface area contributed by atoms with Gasteiger partial charge in [-0.1, -0.05) is 18.2 Å². The lowest BCUT2D eigenvalue weighted by atomic mass is 10.1. The Morgan fingerprint density at radius 2 is 1.77 bits per heavy atom. The van der Waals surface area contributed by atoms with E-state index in [1.807, 2.05) is 12.3 Å². The Labute approximate surface area is 181 Å². The Morgan fingerprint density at radius 3 is 2.37 bits per heavy atom.